The Morgan fingerprint density at radius 3 is 2.65 bits per heavy atom. The van der Waals surface area contributed by atoms with Crippen LogP contribution >= 0.6 is 11.6 Å². The predicted octanol–water partition coefficient (Wildman–Crippen LogP) is 3.41. The molecule has 1 aromatic carbocycles. The molecule has 1 fully saturated rings. The highest BCUT2D eigenvalue weighted by Gasteiger charge is 2.28. The lowest BCUT2D eigenvalue weighted by atomic mass is 9.98. The quantitative estimate of drug-likeness (QED) is 0.864. The fourth-order valence-corrected chi connectivity index (χ4v) is 2.95. The van der Waals surface area contributed by atoms with Crippen LogP contribution in [0, 0.1) is 6.92 Å². The van der Waals surface area contributed by atoms with Gasteiger partial charge in [-0.25, -0.2) is 0 Å². The second-order valence-electron chi connectivity index (χ2n) is 6.84. The van der Waals surface area contributed by atoms with Crippen molar-refractivity contribution in [2.75, 3.05) is 26.2 Å². The number of halogens is 1. The van der Waals surface area contributed by atoms with Crippen LogP contribution in [-0.4, -0.2) is 42.6 Å². The topological polar surface area (TPSA) is 41.6 Å². The number of ether oxygens (including phenoxy) is 1. The summed E-state index contributed by atoms with van der Waals surface area (Å²) in [5, 5.41) is 3.68. The lowest BCUT2D eigenvalue weighted by Crippen LogP contribution is -2.53. The largest absolute Gasteiger partial charge is 0.484 e. The molecule has 4 nitrogen and oxygen atoms in total. The molecule has 0 aromatic heterocycles. The van der Waals surface area contributed by atoms with E-state index in [9.17, 15) is 4.79 Å². The summed E-state index contributed by atoms with van der Waals surface area (Å²) in [5.41, 5.74) is 0.920. The Hall–Kier alpha value is -1.26. The molecule has 0 aliphatic carbocycles. The lowest BCUT2D eigenvalue weighted by molar-refractivity contribution is -0.123. The standard InChI is InChI=1S/C18H27ClN2O2/c1-14-11-15(7-8-16(14)19)23-12-17(22)20-13-18(2,3)21-9-5-4-6-10-21/h7-8,11H,4-6,9-10,12-13H2,1-3H3,(H,20,22). The number of likely N-dealkylation sites (tertiary alicyclic amines) is 1. The molecule has 1 amide bonds. The van der Waals surface area contributed by atoms with E-state index in [1.807, 2.05) is 13.0 Å². The summed E-state index contributed by atoms with van der Waals surface area (Å²) in [6.07, 6.45) is 3.81. The second-order valence-corrected chi connectivity index (χ2v) is 7.24. The van der Waals surface area contributed by atoms with E-state index < -0.39 is 0 Å². The van der Waals surface area contributed by atoms with Crippen LogP contribution in [-0.2, 0) is 4.79 Å². The third kappa shape index (κ3) is 5.40. The first-order valence-electron chi connectivity index (χ1n) is 8.29. The number of amides is 1. The third-order valence-corrected chi connectivity index (χ3v) is 4.85. The molecule has 0 spiro atoms. The Labute approximate surface area is 144 Å². The van der Waals surface area contributed by atoms with E-state index in [2.05, 4.69) is 24.1 Å². The van der Waals surface area contributed by atoms with Gasteiger partial charge in [0.15, 0.2) is 6.61 Å². The molecule has 1 aromatic rings. The highest BCUT2D eigenvalue weighted by atomic mass is 35.5. The number of carbonyl (C=O) groups is 1. The molecule has 0 bridgehead atoms. The maximum atomic E-state index is 12.0. The SMILES string of the molecule is Cc1cc(OCC(=O)NCC(C)(C)N2CCCCC2)ccc1Cl. The van der Waals surface area contributed by atoms with Crippen LogP contribution in [0.2, 0.25) is 5.02 Å². The number of benzene rings is 1. The third-order valence-electron chi connectivity index (χ3n) is 4.43. The van der Waals surface area contributed by atoms with Crippen LogP contribution in [0.1, 0.15) is 38.7 Å². The van der Waals surface area contributed by atoms with Crippen LogP contribution < -0.4 is 10.1 Å². The summed E-state index contributed by atoms with van der Waals surface area (Å²) in [5.74, 6) is 0.569. The van der Waals surface area contributed by atoms with E-state index in [0.29, 0.717) is 17.3 Å². The Kier molecular flexibility index (Phi) is 6.31. The molecule has 0 unspecified atom stereocenters. The van der Waals surface area contributed by atoms with Crippen molar-refractivity contribution in [1.82, 2.24) is 10.2 Å². The smallest absolute Gasteiger partial charge is 0.258 e. The average Bonchev–Trinajstić information content (AvgIpc) is 2.55. The highest BCUT2D eigenvalue weighted by Crippen LogP contribution is 2.21. The molecule has 2 rings (SSSR count). The Morgan fingerprint density at radius 1 is 1.30 bits per heavy atom. The van der Waals surface area contributed by atoms with E-state index in [-0.39, 0.29) is 18.1 Å². The minimum absolute atomic E-state index is 0.0209. The average molecular weight is 339 g/mol. The Bertz CT molecular complexity index is 540. The number of piperidine rings is 1. The van der Waals surface area contributed by atoms with Crippen molar-refractivity contribution >= 4 is 17.5 Å². The van der Waals surface area contributed by atoms with E-state index in [1.54, 1.807) is 12.1 Å². The molecule has 128 valence electrons. The van der Waals surface area contributed by atoms with Crippen LogP contribution in [0.5, 0.6) is 5.75 Å². The van der Waals surface area contributed by atoms with E-state index >= 15 is 0 Å². The normalized spacial score (nSPS) is 16.2. The fourth-order valence-electron chi connectivity index (χ4n) is 2.83. The molecule has 0 atom stereocenters. The molecule has 0 saturated carbocycles. The molecular formula is C18H27ClN2O2. The zero-order chi connectivity index (χ0) is 16.9. The van der Waals surface area contributed by atoms with Crippen LogP contribution in [0.25, 0.3) is 0 Å². The van der Waals surface area contributed by atoms with Crippen molar-refractivity contribution in [2.24, 2.45) is 0 Å². The van der Waals surface area contributed by atoms with Crippen LogP contribution in [0.4, 0.5) is 0 Å². The molecular weight excluding hydrogens is 312 g/mol. The van der Waals surface area contributed by atoms with E-state index in [4.69, 9.17) is 16.3 Å². The maximum Gasteiger partial charge on any atom is 0.258 e. The van der Waals surface area contributed by atoms with Gasteiger partial charge in [0.25, 0.3) is 5.91 Å². The molecule has 1 N–H and O–H groups in total. The Morgan fingerprint density at radius 2 is 2.00 bits per heavy atom. The monoisotopic (exact) mass is 338 g/mol. The van der Waals surface area contributed by atoms with Gasteiger partial charge in [-0.2, -0.15) is 0 Å². The Balaban J connectivity index is 1.76. The van der Waals surface area contributed by atoms with Crippen LogP contribution in [0.3, 0.4) is 0 Å². The van der Waals surface area contributed by atoms with E-state index in [0.717, 1.165) is 18.7 Å². The van der Waals surface area contributed by atoms with Gasteiger partial charge in [-0.15, -0.1) is 0 Å². The molecule has 1 aliphatic rings. The van der Waals surface area contributed by atoms with Crippen molar-refractivity contribution in [3.63, 3.8) is 0 Å². The molecule has 0 radical (unpaired) electrons. The summed E-state index contributed by atoms with van der Waals surface area (Å²) in [4.78, 5) is 14.5. The van der Waals surface area contributed by atoms with E-state index in [1.165, 1.54) is 19.3 Å². The first kappa shape index (κ1) is 18.1. The van der Waals surface area contributed by atoms with Gasteiger partial charge < -0.3 is 10.1 Å². The highest BCUT2D eigenvalue weighted by molar-refractivity contribution is 6.31. The number of rotatable bonds is 6. The van der Waals surface area contributed by atoms with Gasteiger partial charge in [0.2, 0.25) is 0 Å². The number of carbonyl (C=O) groups excluding carboxylic acids is 1. The van der Waals surface area contributed by atoms with Gasteiger partial charge in [-0.3, -0.25) is 9.69 Å². The van der Waals surface area contributed by atoms with Gasteiger partial charge >= 0.3 is 0 Å². The van der Waals surface area contributed by atoms with Gasteiger partial charge in [0.05, 0.1) is 0 Å². The number of aryl methyl sites for hydroxylation is 1. The summed E-state index contributed by atoms with van der Waals surface area (Å²) in [7, 11) is 0. The number of nitrogens with zero attached hydrogens (tertiary/aromatic N) is 1. The minimum atomic E-state index is -0.0947. The van der Waals surface area contributed by atoms with Crippen molar-refractivity contribution in [3.8, 4) is 5.75 Å². The van der Waals surface area contributed by atoms with Gasteiger partial charge in [-0.1, -0.05) is 18.0 Å². The first-order valence-corrected chi connectivity index (χ1v) is 8.67. The zero-order valence-corrected chi connectivity index (χ0v) is 15.1. The van der Waals surface area contributed by atoms with Gasteiger partial charge in [0.1, 0.15) is 5.75 Å². The van der Waals surface area contributed by atoms with Crippen molar-refractivity contribution in [1.29, 1.82) is 0 Å². The van der Waals surface area contributed by atoms with Gasteiger partial charge in [0, 0.05) is 17.1 Å². The molecule has 1 saturated heterocycles. The van der Waals surface area contributed by atoms with Crippen molar-refractivity contribution < 1.29 is 9.53 Å². The number of nitrogens with one attached hydrogen (secondary N) is 1. The fraction of sp³-hybridized carbons (Fsp3) is 0.611. The second kappa shape index (κ2) is 8.02. The lowest BCUT2D eigenvalue weighted by Gasteiger charge is -2.41. The number of hydrogen-bond acceptors (Lipinski definition) is 3. The zero-order valence-electron chi connectivity index (χ0n) is 14.3. The molecule has 1 aliphatic heterocycles. The first-order chi connectivity index (χ1) is 10.9. The molecule has 23 heavy (non-hydrogen) atoms. The summed E-state index contributed by atoms with van der Waals surface area (Å²) in [6.45, 7) is 9.17. The predicted molar refractivity (Wildman–Crippen MR) is 94.2 cm³/mol. The summed E-state index contributed by atoms with van der Waals surface area (Å²) >= 11 is 5.98. The molecule has 1 heterocycles. The minimum Gasteiger partial charge on any atom is -0.484 e. The summed E-state index contributed by atoms with van der Waals surface area (Å²) < 4.78 is 5.53. The molecule has 5 heteroatoms. The van der Waals surface area contributed by atoms with Crippen molar-refractivity contribution in [3.05, 3.63) is 28.8 Å². The maximum absolute atomic E-state index is 12.0. The van der Waals surface area contributed by atoms with Crippen molar-refractivity contribution in [2.45, 2.75) is 45.6 Å². The van der Waals surface area contributed by atoms with Crippen LogP contribution in [0.15, 0.2) is 18.2 Å². The van der Waals surface area contributed by atoms with Gasteiger partial charge in [-0.05, 0) is 70.5 Å². The summed E-state index contributed by atoms with van der Waals surface area (Å²) in [6, 6.07) is 5.40. The number of hydrogen-bond donors (Lipinski definition) is 1.